The summed E-state index contributed by atoms with van der Waals surface area (Å²) in [4.78, 5) is 11.6. The Morgan fingerprint density at radius 2 is 2.00 bits per heavy atom. The average Bonchev–Trinajstić information content (AvgIpc) is 2.49. The number of carbonyl (C=O) groups is 1. The fourth-order valence-corrected chi connectivity index (χ4v) is 1.61. The average molecular weight is 296 g/mol. The number of nitrogen functional groups attached to an aromatic ring is 1. The third-order valence-electron chi connectivity index (χ3n) is 2.75. The zero-order valence-electron chi connectivity index (χ0n) is 12.5. The number of nitrogens with one attached hydrogen (secondary N) is 1. The number of benzene rings is 1. The van der Waals surface area contributed by atoms with Crippen molar-refractivity contribution in [3.05, 3.63) is 24.3 Å². The number of hydrogen-bond acceptors (Lipinski definition) is 5. The maximum atomic E-state index is 11.6. The van der Waals surface area contributed by atoms with Gasteiger partial charge < -0.3 is 25.3 Å². The van der Waals surface area contributed by atoms with Crippen molar-refractivity contribution in [3.8, 4) is 5.75 Å². The molecule has 3 N–H and O–H groups in total. The molecule has 0 unspecified atom stereocenters. The molecule has 0 radical (unpaired) electrons. The number of amides is 1. The second-order valence-electron chi connectivity index (χ2n) is 4.49. The van der Waals surface area contributed by atoms with Gasteiger partial charge in [0.05, 0.1) is 18.9 Å². The van der Waals surface area contributed by atoms with Gasteiger partial charge >= 0.3 is 0 Å². The van der Waals surface area contributed by atoms with Crippen molar-refractivity contribution in [1.82, 2.24) is 5.32 Å². The molecule has 0 heterocycles. The van der Waals surface area contributed by atoms with Crippen LogP contribution in [0.4, 0.5) is 5.69 Å². The van der Waals surface area contributed by atoms with Crippen molar-refractivity contribution in [2.45, 2.75) is 12.8 Å². The van der Waals surface area contributed by atoms with Crippen LogP contribution in [0.25, 0.3) is 0 Å². The first-order chi connectivity index (χ1) is 10.2. The minimum Gasteiger partial charge on any atom is -0.482 e. The summed E-state index contributed by atoms with van der Waals surface area (Å²) >= 11 is 0. The SMILES string of the molecule is COCCOCCCCNC(=O)COc1ccccc1N. The molecule has 21 heavy (non-hydrogen) atoms. The van der Waals surface area contributed by atoms with Crippen LogP contribution in [0.3, 0.4) is 0 Å². The van der Waals surface area contributed by atoms with Crippen LogP contribution in [-0.4, -0.2) is 46.0 Å². The van der Waals surface area contributed by atoms with E-state index in [2.05, 4.69) is 5.32 Å². The Balaban J connectivity index is 2.00. The van der Waals surface area contributed by atoms with Gasteiger partial charge in [0.2, 0.25) is 0 Å². The smallest absolute Gasteiger partial charge is 0.257 e. The van der Waals surface area contributed by atoms with Gasteiger partial charge in [-0.2, -0.15) is 0 Å². The molecule has 6 heteroatoms. The zero-order valence-corrected chi connectivity index (χ0v) is 12.5. The Bertz CT molecular complexity index is 412. The topological polar surface area (TPSA) is 82.8 Å². The van der Waals surface area contributed by atoms with Gasteiger partial charge in [0.25, 0.3) is 5.91 Å². The highest BCUT2D eigenvalue weighted by Crippen LogP contribution is 2.19. The van der Waals surface area contributed by atoms with Crippen LogP contribution in [0.1, 0.15) is 12.8 Å². The molecule has 0 fully saturated rings. The Morgan fingerprint density at radius 3 is 2.76 bits per heavy atom. The van der Waals surface area contributed by atoms with E-state index < -0.39 is 0 Å². The first-order valence-corrected chi connectivity index (χ1v) is 7.04. The van der Waals surface area contributed by atoms with E-state index in [-0.39, 0.29) is 12.5 Å². The molecular weight excluding hydrogens is 272 g/mol. The van der Waals surface area contributed by atoms with E-state index >= 15 is 0 Å². The number of rotatable bonds is 11. The van der Waals surface area contributed by atoms with E-state index in [9.17, 15) is 4.79 Å². The number of unbranched alkanes of at least 4 members (excludes halogenated alkanes) is 1. The zero-order chi connectivity index (χ0) is 15.3. The van der Waals surface area contributed by atoms with Gasteiger partial charge in [-0.1, -0.05) is 12.1 Å². The number of hydrogen-bond donors (Lipinski definition) is 2. The maximum Gasteiger partial charge on any atom is 0.257 e. The van der Waals surface area contributed by atoms with E-state index in [4.69, 9.17) is 19.9 Å². The normalized spacial score (nSPS) is 10.3. The van der Waals surface area contributed by atoms with Crippen LogP contribution in [-0.2, 0) is 14.3 Å². The van der Waals surface area contributed by atoms with Gasteiger partial charge in [0.1, 0.15) is 5.75 Å². The van der Waals surface area contributed by atoms with Crippen molar-refractivity contribution < 1.29 is 19.0 Å². The molecule has 1 aromatic rings. The Morgan fingerprint density at radius 1 is 1.19 bits per heavy atom. The number of nitrogens with two attached hydrogens (primary N) is 1. The number of methoxy groups -OCH3 is 1. The Labute approximate surface area is 125 Å². The van der Waals surface area contributed by atoms with Crippen molar-refractivity contribution in [3.63, 3.8) is 0 Å². The fourth-order valence-electron chi connectivity index (χ4n) is 1.61. The quantitative estimate of drug-likeness (QED) is 0.474. The molecule has 0 saturated carbocycles. The third-order valence-corrected chi connectivity index (χ3v) is 2.75. The third kappa shape index (κ3) is 8.16. The van der Waals surface area contributed by atoms with E-state index in [1.165, 1.54) is 0 Å². The maximum absolute atomic E-state index is 11.6. The lowest BCUT2D eigenvalue weighted by Gasteiger charge is -2.09. The van der Waals surface area contributed by atoms with Gasteiger partial charge in [-0.3, -0.25) is 4.79 Å². The van der Waals surface area contributed by atoms with Crippen molar-refractivity contribution in [1.29, 1.82) is 0 Å². The Kier molecular flexibility index (Phi) is 8.99. The molecule has 6 nitrogen and oxygen atoms in total. The summed E-state index contributed by atoms with van der Waals surface area (Å²) in [5, 5.41) is 2.79. The molecular formula is C15H24N2O4. The first kappa shape index (κ1) is 17.3. The second-order valence-corrected chi connectivity index (χ2v) is 4.49. The van der Waals surface area contributed by atoms with Gasteiger partial charge in [-0.25, -0.2) is 0 Å². The molecule has 1 amide bonds. The summed E-state index contributed by atoms with van der Waals surface area (Å²) in [5.74, 6) is 0.373. The van der Waals surface area contributed by atoms with Crippen LogP contribution < -0.4 is 15.8 Å². The van der Waals surface area contributed by atoms with Gasteiger partial charge in [-0.05, 0) is 25.0 Å². The predicted octanol–water partition coefficient (Wildman–Crippen LogP) is 1.21. The van der Waals surface area contributed by atoms with Crippen LogP contribution in [0, 0.1) is 0 Å². The molecule has 0 saturated heterocycles. The number of ether oxygens (including phenoxy) is 3. The summed E-state index contributed by atoms with van der Waals surface area (Å²) in [6.45, 7) is 2.47. The number of carbonyl (C=O) groups excluding carboxylic acids is 1. The Hall–Kier alpha value is -1.79. The van der Waals surface area contributed by atoms with Gasteiger partial charge in [0.15, 0.2) is 6.61 Å². The van der Waals surface area contributed by atoms with Gasteiger partial charge in [-0.15, -0.1) is 0 Å². The molecule has 0 aliphatic rings. The monoisotopic (exact) mass is 296 g/mol. The molecule has 0 aliphatic heterocycles. The lowest BCUT2D eigenvalue weighted by atomic mass is 10.3. The first-order valence-electron chi connectivity index (χ1n) is 7.04. The van der Waals surface area contributed by atoms with E-state index in [0.29, 0.717) is 37.8 Å². The van der Waals surface area contributed by atoms with Crippen LogP contribution >= 0.6 is 0 Å². The summed E-state index contributed by atoms with van der Waals surface area (Å²) in [7, 11) is 1.64. The van der Waals surface area contributed by atoms with Crippen molar-refractivity contribution >= 4 is 11.6 Å². The fraction of sp³-hybridized carbons (Fsp3) is 0.533. The molecule has 0 bridgehead atoms. The molecule has 1 aromatic carbocycles. The van der Waals surface area contributed by atoms with E-state index in [1.54, 1.807) is 19.2 Å². The molecule has 118 valence electrons. The molecule has 0 aromatic heterocycles. The van der Waals surface area contributed by atoms with E-state index in [0.717, 1.165) is 12.8 Å². The van der Waals surface area contributed by atoms with Crippen LogP contribution in [0.2, 0.25) is 0 Å². The van der Waals surface area contributed by atoms with Crippen molar-refractivity contribution in [2.75, 3.05) is 45.8 Å². The predicted molar refractivity (Wildman–Crippen MR) is 81.3 cm³/mol. The molecule has 0 atom stereocenters. The standard InChI is InChI=1S/C15H24N2O4/c1-19-10-11-20-9-5-4-8-17-15(18)12-21-14-7-3-2-6-13(14)16/h2-3,6-7H,4-5,8-12,16H2,1H3,(H,17,18). The van der Waals surface area contributed by atoms with Crippen LogP contribution in [0.15, 0.2) is 24.3 Å². The highest BCUT2D eigenvalue weighted by molar-refractivity contribution is 5.77. The lowest BCUT2D eigenvalue weighted by molar-refractivity contribution is -0.123. The highest BCUT2D eigenvalue weighted by atomic mass is 16.5. The summed E-state index contributed by atoms with van der Waals surface area (Å²) < 4.78 is 15.5. The van der Waals surface area contributed by atoms with Crippen LogP contribution in [0.5, 0.6) is 5.75 Å². The van der Waals surface area contributed by atoms with Gasteiger partial charge in [0, 0.05) is 20.3 Å². The second kappa shape index (κ2) is 10.9. The minimum atomic E-state index is -0.154. The lowest BCUT2D eigenvalue weighted by Crippen LogP contribution is -2.29. The number of anilines is 1. The summed E-state index contributed by atoms with van der Waals surface area (Å²) in [6.07, 6.45) is 1.77. The van der Waals surface area contributed by atoms with Crippen molar-refractivity contribution in [2.24, 2.45) is 0 Å². The molecule has 1 rings (SSSR count). The molecule has 0 spiro atoms. The summed E-state index contributed by atoms with van der Waals surface area (Å²) in [6, 6.07) is 7.10. The highest BCUT2D eigenvalue weighted by Gasteiger charge is 2.04. The molecule has 0 aliphatic carbocycles. The minimum absolute atomic E-state index is 0.0292. The largest absolute Gasteiger partial charge is 0.482 e. The van der Waals surface area contributed by atoms with E-state index in [1.807, 2.05) is 12.1 Å². The summed E-state index contributed by atoms with van der Waals surface area (Å²) in [5.41, 5.74) is 6.24. The number of para-hydroxylation sites is 2.